The normalized spacial score (nSPS) is 12.6. The largest absolute Gasteiger partial charge is 0.302 e. The van der Waals surface area contributed by atoms with Crippen molar-refractivity contribution in [3.8, 4) is 6.07 Å². The Morgan fingerprint density at radius 3 is 3.15 bits per heavy atom. The van der Waals surface area contributed by atoms with Gasteiger partial charge in [-0.1, -0.05) is 28.7 Å². The number of halogens is 1. The first-order valence-corrected chi connectivity index (χ1v) is 5.03. The molecule has 0 amide bonds. The highest BCUT2D eigenvalue weighted by Gasteiger charge is 2.10. The lowest BCUT2D eigenvalue weighted by molar-refractivity contribution is 1.06. The molecule has 1 unspecified atom stereocenters. The molecule has 0 bridgehead atoms. The van der Waals surface area contributed by atoms with E-state index in [4.69, 9.17) is 5.26 Å². The van der Waals surface area contributed by atoms with E-state index in [-0.39, 0.29) is 3.92 Å². The number of aromatic nitrogens is 2. The second kappa shape index (κ2) is 3.34. The molecule has 3 nitrogen and oxygen atoms in total. The van der Waals surface area contributed by atoms with Gasteiger partial charge in [0.1, 0.15) is 9.57 Å². The van der Waals surface area contributed by atoms with Crippen molar-refractivity contribution < 1.29 is 0 Å². The Hall–Kier alpha value is -1.09. The summed E-state index contributed by atoms with van der Waals surface area (Å²) in [4.78, 5) is 4.19. The van der Waals surface area contributed by atoms with E-state index in [0.29, 0.717) is 0 Å². The van der Waals surface area contributed by atoms with E-state index in [2.05, 4.69) is 33.6 Å². The number of fused-ring (bicyclic) bond motifs is 1. The average molecular weight is 283 g/mol. The summed E-state index contributed by atoms with van der Waals surface area (Å²) in [5.41, 5.74) is 1.81. The molecule has 0 aromatic carbocycles. The van der Waals surface area contributed by atoms with Crippen molar-refractivity contribution in [1.29, 1.82) is 5.26 Å². The highest BCUT2D eigenvalue weighted by molar-refractivity contribution is 14.1. The zero-order chi connectivity index (χ0) is 9.26. The molecule has 1 atom stereocenters. The number of pyridine rings is 1. The molecule has 2 aromatic rings. The monoisotopic (exact) mass is 283 g/mol. The molecule has 0 saturated heterocycles. The molecule has 0 spiro atoms. The maximum Gasteiger partial charge on any atom is 0.139 e. The summed E-state index contributed by atoms with van der Waals surface area (Å²) in [5.74, 6) is 0. The topological polar surface area (TPSA) is 41.1 Å². The number of alkyl halides is 1. The lowest BCUT2D eigenvalue weighted by Crippen LogP contribution is -1.92. The molecular weight excluding hydrogens is 277 g/mol. The van der Waals surface area contributed by atoms with Crippen molar-refractivity contribution in [2.45, 2.75) is 3.92 Å². The van der Waals surface area contributed by atoms with Gasteiger partial charge >= 0.3 is 0 Å². The molecule has 0 aliphatic rings. The summed E-state index contributed by atoms with van der Waals surface area (Å²) in [6, 6.07) is 7.97. The zero-order valence-electron chi connectivity index (χ0n) is 6.68. The van der Waals surface area contributed by atoms with Crippen LogP contribution in [0.4, 0.5) is 0 Å². The van der Waals surface area contributed by atoms with Gasteiger partial charge in [0.15, 0.2) is 0 Å². The van der Waals surface area contributed by atoms with Crippen LogP contribution in [0.25, 0.3) is 5.65 Å². The van der Waals surface area contributed by atoms with Crippen LogP contribution >= 0.6 is 22.6 Å². The van der Waals surface area contributed by atoms with Gasteiger partial charge in [0.05, 0.1) is 18.0 Å². The van der Waals surface area contributed by atoms with Gasteiger partial charge in [0.25, 0.3) is 0 Å². The van der Waals surface area contributed by atoms with Gasteiger partial charge in [-0.3, -0.25) is 0 Å². The fraction of sp³-hybridized carbons (Fsp3) is 0.111. The van der Waals surface area contributed by atoms with Crippen molar-refractivity contribution in [3.05, 3.63) is 36.3 Å². The van der Waals surface area contributed by atoms with E-state index in [1.807, 2.05) is 28.8 Å². The van der Waals surface area contributed by atoms with Gasteiger partial charge in [0.2, 0.25) is 0 Å². The second-order valence-electron chi connectivity index (χ2n) is 2.60. The van der Waals surface area contributed by atoms with Gasteiger partial charge in [-0.05, 0) is 12.1 Å². The molecule has 2 rings (SSSR count). The van der Waals surface area contributed by atoms with Gasteiger partial charge in [0, 0.05) is 6.20 Å². The number of nitriles is 1. The highest BCUT2D eigenvalue weighted by Crippen LogP contribution is 2.22. The van der Waals surface area contributed by atoms with Crippen molar-refractivity contribution in [2.75, 3.05) is 0 Å². The third kappa shape index (κ3) is 1.40. The van der Waals surface area contributed by atoms with Crippen molar-refractivity contribution in [1.82, 2.24) is 9.38 Å². The summed E-state index contributed by atoms with van der Waals surface area (Å²) >= 11 is 2.09. The molecule has 2 aromatic heterocycles. The molecule has 0 fully saturated rings. The molecule has 0 aliphatic heterocycles. The summed E-state index contributed by atoms with van der Waals surface area (Å²) in [7, 11) is 0. The molecule has 0 N–H and O–H groups in total. The predicted octanol–water partition coefficient (Wildman–Crippen LogP) is 2.33. The minimum atomic E-state index is -0.144. The number of hydrogen-bond donors (Lipinski definition) is 0. The molecule has 0 aliphatic carbocycles. The van der Waals surface area contributed by atoms with Crippen LogP contribution in [-0.4, -0.2) is 9.38 Å². The predicted molar refractivity (Wildman–Crippen MR) is 57.6 cm³/mol. The van der Waals surface area contributed by atoms with Gasteiger partial charge in [-0.25, -0.2) is 4.98 Å². The molecular formula is C9H6IN3. The standard InChI is InChI=1S/C9H6IN3/c10-7(5-11)8-6-12-9-3-1-2-4-13(8)9/h1-4,6-7H. The first-order chi connectivity index (χ1) is 6.33. The minimum absolute atomic E-state index is 0.144. The fourth-order valence-electron chi connectivity index (χ4n) is 1.21. The quantitative estimate of drug-likeness (QED) is 0.595. The van der Waals surface area contributed by atoms with E-state index < -0.39 is 0 Å². The van der Waals surface area contributed by atoms with Crippen LogP contribution in [0, 0.1) is 11.3 Å². The maximum absolute atomic E-state index is 8.77. The Labute approximate surface area is 89.2 Å². The number of rotatable bonds is 1. The molecule has 64 valence electrons. The van der Waals surface area contributed by atoms with Crippen molar-refractivity contribution in [2.24, 2.45) is 0 Å². The van der Waals surface area contributed by atoms with Gasteiger partial charge < -0.3 is 4.40 Å². The second-order valence-corrected chi connectivity index (χ2v) is 3.85. The Kier molecular flexibility index (Phi) is 2.19. The molecule has 13 heavy (non-hydrogen) atoms. The summed E-state index contributed by atoms with van der Waals surface area (Å²) < 4.78 is 1.79. The first-order valence-electron chi connectivity index (χ1n) is 3.78. The Balaban J connectivity index is 2.66. The Bertz CT molecular complexity index is 469. The van der Waals surface area contributed by atoms with Crippen molar-refractivity contribution in [3.63, 3.8) is 0 Å². The van der Waals surface area contributed by atoms with Crippen LogP contribution in [0.15, 0.2) is 30.6 Å². The SMILES string of the molecule is N#CC(I)c1cnc2ccccn12. The van der Waals surface area contributed by atoms with E-state index in [1.54, 1.807) is 6.20 Å². The maximum atomic E-state index is 8.77. The Morgan fingerprint density at radius 2 is 2.38 bits per heavy atom. The molecule has 4 heteroatoms. The van der Waals surface area contributed by atoms with E-state index >= 15 is 0 Å². The molecule has 0 radical (unpaired) electrons. The number of hydrogen-bond acceptors (Lipinski definition) is 2. The smallest absolute Gasteiger partial charge is 0.139 e. The van der Waals surface area contributed by atoms with Gasteiger partial charge in [-0.15, -0.1) is 0 Å². The third-order valence-electron chi connectivity index (χ3n) is 1.82. The summed E-state index contributed by atoms with van der Waals surface area (Å²) in [6.45, 7) is 0. The fourth-order valence-corrected chi connectivity index (χ4v) is 1.67. The van der Waals surface area contributed by atoms with E-state index in [9.17, 15) is 0 Å². The van der Waals surface area contributed by atoms with Crippen LogP contribution in [0.3, 0.4) is 0 Å². The van der Waals surface area contributed by atoms with Crippen LogP contribution in [0.2, 0.25) is 0 Å². The van der Waals surface area contributed by atoms with E-state index in [0.717, 1.165) is 11.3 Å². The van der Waals surface area contributed by atoms with Crippen LogP contribution in [0.5, 0.6) is 0 Å². The lowest BCUT2D eigenvalue weighted by atomic mass is 10.3. The minimum Gasteiger partial charge on any atom is -0.302 e. The third-order valence-corrected chi connectivity index (χ3v) is 2.74. The van der Waals surface area contributed by atoms with Crippen molar-refractivity contribution >= 4 is 28.2 Å². The first kappa shape index (κ1) is 8.51. The van der Waals surface area contributed by atoms with Crippen LogP contribution in [-0.2, 0) is 0 Å². The highest BCUT2D eigenvalue weighted by atomic mass is 127. The summed E-state index contributed by atoms with van der Waals surface area (Å²) in [6.07, 6.45) is 3.66. The lowest BCUT2D eigenvalue weighted by Gasteiger charge is -1.99. The Morgan fingerprint density at radius 1 is 1.54 bits per heavy atom. The zero-order valence-corrected chi connectivity index (χ0v) is 8.84. The summed E-state index contributed by atoms with van der Waals surface area (Å²) in [5, 5.41) is 8.77. The van der Waals surface area contributed by atoms with Gasteiger partial charge in [-0.2, -0.15) is 5.26 Å². The van der Waals surface area contributed by atoms with E-state index in [1.165, 1.54) is 0 Å². The average Bonchev–Trinajstić information content (AvgIpc) is 2.60. The number of nitrogens with zero attached hydrogens (tertiary/aromatic N) is 3. The molecule has 2 heterocycles. The van der Waals surface area contributed by atoms with Crippen LogP contribution < -0.4 is 0 Å². The molecule has 0 saturated carbocycles. The van der Waals surface area contributed by atoms with Crippen LogP contribution in [0.1, 0.15) is 9.62 Å². The number of imidazole rings is 1.